The largest absolute Gasteiger partial charge is 1.00 e. The smallest absolute Gasteiger partial charge is 0.333 e. The second-order valence-electron chi connectivity index (χ2n) is 1.57. The van der Waals surface area contributed by atoms with E-state index in [1.54, 1.807) is 11.3 Å². The van der Waals surface area contributed by atoms with Gasteiger partial charge in [0.2, 0.25) is 0 Å². The van der Waals surface area contributed by atoms with Gasteiger partial charge in [-0.05, 0) is 0 Å². The van der Waals surface area contributed by atoms with Gasteiger partial charge in [0.15, 0.2) is 0 Å². The summed E-state index contributed by atoms with van der Waals surface area (Å²) in [5.74, 6) is 0. The topological polar surface area (TPSA) is 15.9 Å². The van der Waals surface area contributed by atoms with Crippen molar-refractivity contribution >= 4 is 16.5 Å². The third kappa shape index (κ3) is 1.84. The summed E-state index contributed by atoms with van der Waals surface area (Å²) >= 11 is 1.70. The van der Waals surface area contributed by atoms with Crippen LogP contribution in [0.5, 0.6) is 0 Å². The maximum atomic E-state index is 3.06. The van der Waals surface area contributed by atoms with E-state index in [1.807, 2.05) is 30.2 Å². The molecule has 0 aromatic carbocycles. The quantitative estimate of drug-likeness (QED) is 0.459. The van der Waals surface area contributed by atoms with Gasteiger partial charge in [-0.1, -0.05) is 11.3 Å². The third-order valence-electron chi connectivity index (χ3n) is 0.998. The summed E-state index contributed by atoms with van der Waals surface area (Å²) in [5, 5.41) is 6.29. The summed E-state index contributed by atoms with van der Waals surface area (Å²) in [6, 6.07) is 0. The highest BCUT2D eigenvalue weighted by Crippen LogP contribution is 2.04. The normalized spacial score (nSPS) is 8.22. The van der Waals surface area contributed by atoms with E-state index in [9.17, 15) is 0 Å². The lowest BCUT2D eigenvalue weighted by molar-refractivity contribution is -0.652. The lowest BCUT2D eigenvalue weighted by atomic mass is 10.9. The Labute approximate surface area is 64.9 Å². The van der Waals surface area contributed by atoms with Crippen LogP contribution in [0.2, 0.25) is 0 Å². The van der Waals surface area contributed by atoms with Gasteiger partial charge in [-0.2, -0.15) is 0 Å². The minimum atomic E-state index is 0. The molecule has 1 aromatic rings. The molecule has 0 spiro atoms. The number of hydrogen-bond donors (Lipinski definition) is 1. The van der Waals surface area contributed by atoms with Crippen molar-refractivity contribution in [2.75, 3.05) is 12.4 Å². The number of thiazole rings is 1. The van der Waals surface area contributed by atoms with E-state index in [-0.39, 0.29) is 12.4 Å². The van der Waals surface area contributed by atoms with Gasteiger partial charge in [0.1, 0.15) is 6.20 Å². The van der Waals surface area contributed by atoms with Gasteiger partial charge in [-0.15, -0.1) is 0 Å². The Balaban J connectivity index is 0.000000640. The molecule has 0 aliphatic carbocycles. The van der Waals surface area contributed by atoms with Gasteiger partial charge in [-0.3, -0.25) is 5.32 Å². The molecule has 52 valence electrons. The summed E-state index contributed by atoms with van der Waals surface area (Å²) in [6.07, 6.45) is 2.02. The molecule has 0 unspecified atom stereocenters. The molecule has 2 nitrogen and oxygen atoms in total. The highest BCUT2D eigenvalue weighted by molar-refractivity contribution is 7.13. The van der Waals surface area contributed by atoms with Crippen LogP contribution in [0.4, 0.5) is 5.13 Å². The van der Waals surface area contributed by atoms with Crippen molar-refractivity contribution in [1.29, 1.82) is 0 Å². The molecule has 1 rings (SSSR count). The van der Waals surface area contributed by atoms with Crippen LogP contribution in [0.15, 0.2) is 11.6 Å². The number of nitrogens with zero attached hydrogens (tertiary/aromatic N) is 1. The highest BCUT2D eigenvalue weighted by atomic mass is 35.5. The molecule has 1 N–H and O–H groups in total. The molecular weight excluding hydrogens is 156 g/mol. The number of halogens is 1. The van der Waals surface area contributed by atoms with E-state index in [0.717, 1.165) is 0 Å². The maximum Gasteiger partial charge on any atom is 0.333 e. The van der Waals surface area contributed by atoms with Gasteiger partial charge in [0.05, 0.1) is 14.1 Å². The Bertz CT molecular complexity index is 175. The van der Waals surface area contributed by atoms with Crippen LogP contribution in [-0.2, 0) is 7.05 Å². The van der Waals surface area contributed by atoms with Crippen LogP contribution in [-0.4, -0.2) is 7.05 Å². The number of nitrogens with one attached hydrogen (secondary N) is 1. The fraction of sp³-hybridized carbons (Fsp3) is 0.400. The molecule has 0 radical (unpaired) electrons. The van der Waals surface area contributed by atoms with Crippen molar-refractivity contribution in [1.82, 2.24) is 0 Å². The van der Waals surface area contributed by atoms with Crippen molar-refractivity contribution in [3.8, 4) is 0 Å². The van der Waals surface area contributed by atoms with Gasteiger partial charge >= 0.3 is 5.13 Å². The fourth-order valence-electron chi connectivity index (χ4n) is 0.572. The highest BCUT2D eigenvalue weighted by Gasteiger charge is 1.99. The molecule has 4 heteroatoms. The van der Waals surface area contributed by atoms with Crippen molar-refractivity contribution < 1.29 is 17.0 Å². The van der Waals surface area contributed by atoms with E-state index in [0.29, 0.717) is 0 Å². The molecule has 0 saturated heterocycles. The Kier molecular flexibility index (Phi) is 3.58. The average Bonchev–Trinajstić information content (AvgIpc) is 2.14. The fourth-order valence-corrected chi connectivity index (χ4v) is 1.29. The van der Waals surface area contributed by atoms with Crippen molar-refractivity contribution in [2.45, 2.75) is 0 Å². The first-order chi connectivity index (χ1) is 3.84. The van der Waals surface area contributed by atoms with E-state index in [4.69, 9.17) is 0 Å². The number of aryl methyl sites for hydroxylation is 1. The summed E-state index contributed by atoms with van der Waals surface area (Å²) in [5.41, 5.74) is 0. The van der Waals surface area contributed by atoms with E-state index in [2.05, 4.69) is 5.32 Å². The second kappa shape index (κ2) is 3.69. The SMILES string of the molecule is CNc1scc[n+]1C.[Cl-]. The Morgan fingerprint density at radius 1 is 1.67 bits per heavy atom. The number of rotatable bonds is 1. The van der Waals surface area contributed by atoms with Crippen molar-refractivity contribution in [3.63, 3.8) is 0 Å². The standard InChI is InChI=1S/C5H8N2S.ClH/c1-6-5-7(2)3-4-8-5;/h3-4H,1-2H3;1H. The molecule has 0 fully saturated rings. The summed E-state index contributed by atoms with van der Waals surface area (Å²) in [4.78, 5) is 0. The summed E-state index contributed by atoms with van der Waals surface area (Å²) in [7, 11) is 3.94. The molecular formula is C5H9ClN2S. The lowest BCUT2D eigenvalue weighted by Gasteiger charge is -1.85. The van der Waals surface area contributed by atoms with Crippen LogP contribution >= 0.6 is 11.3 Å². The second-order valence-corrected chi connectivity index (χ2v) is 2.46. The number of anilines is 1. The van der Waals surface area contributed by atoms with Gasteiger partial charge in [0.25, 0.3) is 0 Å². The summed E-state index contributed by atoms with van der Waals surface area (Å²) < 4.78 is 2.05. The summed E-state index contributed by atoms with van der Waals surface area (Å²) in [6.45, 7) is 0. The minimum Gasteiger partial charge on any atom is -1.00 e. The zero-order chi connectivity index (χ0) is 5.98. The van der Waals surface area contributed by atoms with Crippen LogP contribution in [0.3, 0.4) is 0 Å². The predicted octanol–water partition coefficient (Wildman–Crippen LogP) is -2.38. The molecule has 0 bridgehead atoms. The first kappa shape index (κ1) is 8.72. The van der Waals surface area contributed by atoms with E-state index >= 15 is 0 Å². The van der Waals surface area contributed by atoms with Crippen molar-refractivity contribution in [3.05, 3.63) is 11.6 Å². The third-order valence-corrected chi connectivity index (χ3v) is 1.97. The first-order valence-corrected chi connectivity index (χ1v) is 3.33. The molecule has 1 heterocycles. The molecule has 0 aliphatic heterocycles. The van der Waals surface area contributed by atoms with E-state index < -0.39 is 0 Å². The lowest BCUT2D eigenvalue weighted by Crippen LogP contribution is -3.00. The number of hydrogen-bond acceptors (Lipinski definition) is 2. The van der Waals surface area contributed by atoms with Crippen LogP contribution in [0.25, 0.3) is 0 Å². The zero-order valence-corrected chi connectivity index (χ0v) is 6.96. The average molecular weight is 165 g/mol. The first-order valence-electron chi connectivity index (χ1n) is 2.45. The zero-order valence-electron chi connectivity index (χ0n) is 5.39. The maximum absolute atomic E-state index is 3.06. The number of aromatic nitrogens is 1. The molecule has 9 heavy (non-hydrogen) atoms. The minimum absolute atomic E-state index is 0. The van der Waals surface area contributed by atoms with E-state index in [1.165, 1.54) is 5.13 Å². The van der Waals surface area contributed by atoms with Gasteiger partial charge < -0.3 is 12.4 Å². The molecule has 1 aromatic heterocycles. The predicted molar refractivity (Wildman–Crippen MR) is 35.0 cm³/mol. The van der Waals surface area contributed by atoms with Crippen LogP contribution < -0.4 is 22.3 Å². The molecule has 0 saturated carbocycles. The van der Waals surface area contributed by atoms with Gasteiger partial charge in [-0.25, -0.2) is 4.57 Å². The Morgan fingerprint density at radius 3 is 2.56 bits per heavy atom. The van der Waals surface area contributed by atoms with Crippen LogP contribution in [0, 0.1) is 0 Å². The van der Waals surface area contributed by atoms with Crippen LogP contribution in [0.1, 0.15) is 0 Å². The Morgan fingerprint density at radius 2 is 2.33 bits per heavy atom. The molecule has 0 atom stereocenters. The van der Waals surface area contributed by atoms with Crippen molar-refractivity contribution in [2.24, 2.45) is 7.05 Å². The molecule has 0 amide bonds. The van der Waals surface area contributed by atoms with Gasteiger partial charge in [0, 0.05) is 5.38 Å². The Hall–Kier alpha value is -0.280. The monoisotopic (exact) mass is 164 g/mol. The molecule has 0 aliphatic rings.